The van der Waals surface area contributed by atoms with E-state index in [4.69, 9.17) is 17.4 Å². The van der Waals surface area contributed by atoms with Gasteiger partial charge in [-0.2, -0.15) is 4.31 Å². The average Bonchev–Trinajstić information content (AvgIpc) is 3.37. The number of hydrogen-bond donors (Lipinski definition) is 1. The molecule has 0 bridgehead atoms. The fraction of sp³-hybridized carbons (Fsp3) is 0.368. The molecule has 1 aromatic carbocycles. The van der Waals surface area contributed by atoms with Gasteiger partial charge in [-0.05, 0) is 23.6 Å². The zero-order valence-electron chi connectivity index (χ0n) is 16.5. The van der Waals surface area contributed by atoms with Crippen LogP contribution < -0.4 is 5.84 Å². The lowest BCUT2D eigenvalue weighted by Gasteiger charge is -2.33. The van der Waals surface area contributed by atoms with Crippen LogP contribution >= 0.6 is 34.3 Å². The minimum Gasteiger partial charge on any atom is -0.334 e. The molecule has 4 heterocycles. The van der Waals surface area contributed by atoms with Crippen LogP contribution in [-0.2, 0) is 23.0 Å². The maximum absolute atomic E-state index is 13.1. The van der Waals surface area contributed by atoms with Crippen molar-refractivity contribution in [2.45, 2.75) is 17.2 Å². The molecule has 0 radical (unpaired) electrons. The quantitative estimate of drug-likeness (QED) is 0.558. The molecule has 0 unspecified atom stereocenters. The molecule has 5 rings (SSSR count). The van der Waals surface area contributed by atoms with E-state index in [0.717, 1.165) is 33.6 Å². The minimum atomic E-state index is -3.62. The first-order valence-electron chi connectivity index (χ1n) is 9.78. The number of aromatic nitrogens is 1. The van der Waals surface area contributed by atoms with Gasteiger partial charge in [-0.25, -0.2) is 18.4 Å². The summed E-state index contributed by atoms with van der Waals surface area (Å²) in [7, 11) is -3.62. The Bertz CT molecular complexity index is 1260. The number of hydrogen-bond acceptors (Lipinski definition) is 8. The van der Waals surface area contributed by atoms with Crippen molar-refractivity contribution in [1.82, 2.24) is 19.2 Å². The van der Waals surface area contributed by atoms with Crippen molar-refractivity contribution >= 4 is 60.3 Å². The summed E-state index contributed by atoms with van der Waals surface area (Å²) < 4.78 is 28.8. The van der Waals surface area contributed by atoms with Gasteiger partial charge in [0.25, 0.3) is 15.9 Å². The first-order chi connectivity index (χ1) is 14.8. The lowest BCUT2D eigenvalue weighted by molar-refractivity contribution is 0.0697. The van der Waals surface area contributed by atoms with Crippen molar-refractivity contribution in [3.05, 3.63) is 44.9 Å². The fourth-order valence-corrected chi connectivity index (χ4v) is 8.16. The molecule has 12 heteroatoms. The van der Waals surface area contributed by atoms with Gasteiger partial charge in [0.05, 0.1) is 5.69 Å². The molecule has 1 amide bonds. The van der Waals surface area contributed by atoms with Gasteiger partial charge in [0.2, 0.25) is 0 Å². The Kier molecular flexibility index (Phi) is 5.53. The number of fused-ring (bicyclic) bond motifs is 2. The SMILES string of the molecule is NN1CCc2nc(C(=O)N3CCN(S(=O)(=O)c4cc5ccc(Cl)cc5s4)CC3)sc2C1. The number of nitrogens with zero attached hydrogens (tertiary/aromatic N) is 4. The van der Waals surface area contributed by atoms with E-state index in [1.54, 1.807) is 28.1 Å². The van der Waals surface area contributed by atoms with E-state index in [9.17, 15) is 13.2 Å². The second-order valence-corrected chi connectivity index (χ2v) is 12.3. The summed E-state index contributed by atoms with van der Waals surface area (Å²) in [4.78, 5) is 20.1. The van der Waals surface area contributed by atoms with Crippen LogP contribution in [0, 0.1) is 0 Å². The Balaban J connectivity index is 1.28. The van der Waals surface area contributed by atoms with E-state index in [1.807, 2.05) is 6.07 Å². The third-order valence-corrected chi connectivity index (χ3v) is 10.3. The van der Waals surface area contributed by atoms with Crippen LogP contribution in [0.3, 0.4) is 0 Å². The number of sulfonamides is 1. The van der Waals surface area contributed by atoms with Crippen LogP contribution in [0.25, 0.3) is 10.1 Å². The molecule has 1 fully saturated rings. The summed E-state index contributed by atoms with van der Waals surface area (Å²) in [5.41, 5.74) is 0.945. The standard InChI is InChI=1S/C19H20ClN5O3S3/c20-13-2-1-12-9-17(29-15(12)10-13)31(27,28)25-7-5-23(6-8-25)19(26)18-22-14-3-4-24(21)11-16(14)30-18/h1-2,9-10H,3-8,11,21H2. The average molecular weight is 498 g/mol. The zero-order chi connectivity index (χ0) is 21.8. The molecule has 8 nitrogen and oxygen atoms in total. The maximum Gasteiger partial charge on any atom is 0.282 e. The van der Waals surface area contributed by atoms with E-state index in [2.05, 4.69) is 4.98 Å². The second-order valence-electron chi connectivity index (χ2n) is 7.55. The summed E-state index contributed by atoms with van der Waals surface area (Å²) >= 11 is 8.62. The van der Waals surface area contributed by atoms with Crippen LogP contribution in [-0.4, -0.2) is 66.2 Å². The van der Waals surface area contributed by atoms with Crippen LogP contribution in [0.15, 0.2) is 28.5 Å². The molecule has 3 aromatic rings. The first kappa shape index (κ1) is 21.3. The molecule has 2 aliphatic rings. The number of rotatable bonds is 3. The van der Waals surface area contributed by atoms with Gasteiger partial charge in [0.15, 0.2) is 5.01 Å². The minimum absolute atomic E-state index is 0.142. The Morgan fingerprint density at radius 3 is 2.65 bits per heavy atom. The number of hydrazine groups is 1. The van der Waals surface area contributed by atoms with Gasteiger partial charge in [0.1, 0.15) is 4.21 Å². The molecule has 2 N–H and O–H groups in total. The molecule has 0 saturated carbocycles. The molecule has 1 saturated heterocycles. The number of carbonyl (C=O) groups excluding carboxylic acids is 1. The molecule has 164 valence electrons. The molecular weight excluding hydrogens is 478 g/mol. The van der Waals surface area contributed by atoms with Crippen molar-refractivity contribution in [1.29, 1.82) is 0 Å². The van der Waals surface area contributed by atoms with Crippen LogP contribution in [0.5, 0.6) is 0 Å². The van der Waals surface area contributed by atoms with E-state index in [-0.39, 0.29) is 19.0 Å². The number of benzene rings is 1. The molecule has 31 heavy (non-hydrogen) atoms. The third kappa shape index (κ3) is 3.99. The van der Waals surface area contributed by atoms with Gasteiger partial charge in [-0.15, -0.1) is 22.7 Å². The summed E-state index contributed by atoms with van der Waals surface area (Å²) in [6, 6.07) is 7.03. The van der Waals surface area contributed by atoms with Crippen molar-refractivity contribution in [3.63, 3.8) is 0 Å². The van der Waals surface area contributed by atoms with Gasteiger partial charge in [-0.1, -0.05) is 17.7 Å². The number of nitrogens with two attached hydrogens (primary N) is 1. The van der Waals surface area contributed by atoms with Crippen LogP contribution in [0.1, 0.15) is 20.4 Å². The number of halogens is 1. The molecule has 2 aliphatic heterocycles. The maximum atomic E-state index is 13.1. The summed E-state index contributed by atoms with van der Waals surface area (Å²) in [5, 5.41) is 3.61. The smallest absolute Gasteiger partial charge is 0.282 e. The normalized spacial score (nSPS) is 18.5. The van der Waals surface area contributed by atoms with Crippen molar-refractivity contribution in [3.8, 4) is 0 Å². The van der Waals surface area contributed by atoms with Gasteiger partial charge in [-0.3, -0.25) is 10.6 Å². The van der Waals surface area contributed by atoms with Crippen molar-refractivity contribution in [2.75, 3.05) is 32.7 Å². The highest BCUT2D eigenvalue weighted by molar-refractivity contribution is 7.91. The molecule has 2 aromatic heterocycles. The molecule has 0 spiro atoms. The summed E-state index contributed by atoms with van der Waals surface area (Å²) in [6.07, 6.45) is 0.738. The topological polar surface area (TPSA) is 99.8 Å². The summed E-state index contributed by atoms with van der Waals surface area (Å²) in [5.74, 6) is 5.72. The van der Waals surface area contributed by atoms with Gasteiger partial charge < -0.3 is 4.90 Å². The third-order valence-electron chi connectivity index (χ3n) is 5.52. The largest absolute Gasteiger partial charge is 0.334 e. The highest BCUT2D eigenvalue weighted by atomic mass is 35.5. The van der Waals surface area contributed by atoms with Crippen molar-refractivity contribution in [2.24, 2.45) is 5.84 Å². The Morgan fingerprint density at radius 2 is 1.87 bits per heavy atom. The number of thiophene rings is 1. The number of amides is 1. The molecule has 0 aliphatic carbocycles. The Hall–Kier alpha value is -1.60. The van der Waals surface area contributed by atoms with Gasteiger partial charge >= 0.3 is 0 Å². The first-order valence-corrected chi connectivity index (χ1v) is 13.2. The lowest BCUT2D eigenvalue weighted by atomic mass is 10.2. The van der Waals surface area contributed by atoms with E-state index < -0.39 is 10.0 Å². The van der Waals surface area contributed by atoms with Crippen LogP contribution in [0.2, 0.25) is 5.02 Å². The Labute approximate surface area is 192 Å². The number of thiazole rings is 1. The van der Waals surface area contributed by atoms with Crippen molar-refractivity contribution < 1.29 is 13.2 Å². The van der Waals surface area contributed by atoms with Gasteiger partial charge in [0, 0.05) is 60.3 Å². The summed E-state index contributed by atoms with van der Waals surface area (Å²) in [6.45, 7) is 2.51. The van der Waals surface area contributed by atoms with E-state index in [0.29, 0.717) is 33.9 Å². The van der Waals surface area contributed by atoms with E-state index >= 15 is 0 Å². The molecule has 0 atom stereocenters. The zero-order valence-corrected chi connectivity index (χ0v) is 19.7. The predicted molar refractivity (Wildman–Crippen MR) is 122 cm³/mol. The fourth-order valence-electron chi connectivity index (χ4n) is 3.81. The van der Waals surface area contributed by atoms with E-state index in [1.165, 1.54) is 27.0 Å². The molecular formula is C19H20ClN5O3S3. The number of carbonyl (C=O) groups is 1. The second kappa shape index (κ2) is 8.07. The highest BCUT2D eigenvalue weighted by Gasteiger charge is 2.33. The highest BCUT2D eigenvalue weighted by Crippen LogP contribution is 2.33. The number of piperazine rings is 1. The Morgan fingerprint density at radius 1 is 1.10 bits per heavy atom. The van der Waals surface area contributed by atoms with Crippen LogP contribution in [0.4, 0.5) is 0 Å². The monoisotopic (exact) mass is 497 g/mol. The predicted octanol–water partition coefficient (Wildman–Crippen LogP) is 2.39. The lowest BCUT2D eigenvalue weighted by Crippen LogP contribution is -2.50.